The van der Waals surface area contributed by atoms with E-state index in [-0.39, 0.29) is 48.6 Å². The molecule has 4 rings (SSSR count). The molecular formula is C37H54N4O6. The van der Waals surface area contributed by atoms with Gasteiger partial charge in [0.1, 0.15) is 5.75 Å². The lowest BCUT2D eigenvalue weighted by Crippen LogP contribution is -2.48. The number of urea groups is 1. The quantitative estimate of drug-likeness (QED) is 0.340. The van der Waals surface area contributed by atoms with E-state index >= 15 is 0 Å². The number of ether oxygens (including phenoxy) is 2. The molecule has 2 aromatic rings. The molecule has 2 aromatic carbocycles. The lowest BCUT2D eigenvalue weighted by Gasteiger charge is -2.36. The molecule has 2 aliphatic rings. The van der Waals surface area contributed by atoms with Gasteiger partial charge >= 0.3 is 6.03 Å². The van der Waals surface area contributed by atoms with Crippen LogP contribution in [0.4, 0.5) is 10.5 Å². The average Bonchev–Trinajstić information content (AvgIpc) is 3.06. The van der Waals surface area contributed by atoms with Gasteiger partial charge in [-0.05, 0) is 69.7 Å². The zero-order chi connectivity index (χ0) is 33.8. The number of fused-ring (bicyclic) bond motifs is 1. The number of nitrogens with one attached hydrogen (secondary N) is 2. The minimum Gasteiger partial charge on any atom is -0.490 e. The number of carbonyl (C=O) groups excluding carboxylic acids is 3. The summed E-state index contributed by atoms with van der Waals surface area (Å²) in [6, 6.07) is 14.2. The molecule has 10 heteroatoms. The van der Waals surface area contributed by atoms with E-state index in [2.05, 4.69) is 10.6 Å². The maximum Gasteiger partial charge on any atom is 0.319 e. The second-order valence-corrected chi connectivity index (χ2v) is 13.4. The molecule has 258 valence electrons. The van der Waals surface area contributed by atoms with E-state index in [1.807, 2.05) is 51.1 Å². The van der Waals surface area contributed by atoms with E-state index < -0.39 is 6.04 Å². The number of aliphatic hydroxyl groups excluding tert-OH is 1. The normalized spacial score (nSPS) is 22.3. The molecule has 1 aliphatic carbocycles. The number of hydrogen-bond donors (Lipinski definition) is 3. The third kappa shape index (κ3) is 11.0. The fourth-order valence-corrected chi connectivity index (χ4v) is 6.34. The van der Waals surface area contributed by atoms with Gasteiger partial charge in [0, 0.05) is 44.4 Å². The zero-order valence-electron chi connectivity index (χ0n) is 28.6. The molecule has 0 radical (unpaired) electrons. The molecule has 0 spiro atoms. The van der Waals surface area contributed by atoms with Crippen molar-refractivity contribution in [2.75, 3.05) is 38.7 Å². The topological polar surface area (TPSA) is 120 Å². The van der Waals surface area contributed by atoms with Crippen molar-refractivity contribution in [1.29, 1.82) is 0 Å². The van der Waals surface area contributed by atoms with E-state index in [0.717, 1.165) is 50.5 Å². The Morgan fingerprint density at radius 3 is 2.47 bits per heavy atom. The highest BCUT2D eigenvalue weighted by Crippen LogP contribution is 2.29. The SMILES string of the molecule is C[C@@H]1CCCCO[C@@H](CN(C)C(=O)Cc2ccccc2)[C@@H](C)CN([C@@H](C)CO)C(=O)c2cc(NC(=O)NC3CCCCC3)ccc2O1. The summed E-state index contributed by atoms with van der Waals surface area (Å²) in [6.45, 7) is 6.78. The molecule has 0 bridgehead atoms. The van der Waals surface area contributed by atoms with Crippen LogP contribution < -0.4 is 15.4 Å². The van der Waals surface area contributed by atoms with Gasteiger partial charge in [0.2, 0.25) is 5.91 Å². The summed E-state index contributed by atoms with van der Waals surface area (Å²) in [5, 5.41) is 16.2. The van der Waals surface area contributed by atoms with Crippen molar-refractivity contribution in [3.05, 3.63) is 59.7 Å². The van der Waals surface area contributed by atoms with Gasteiger partial charge in [0.05, 0.1) is 36.8 Å². The van der Waals surface area contributed by atoms with Crippen LogP contribution in [-0.2, 0) is 16.0 Å². The minimum atomic E-state index is -0.493. The van der Waals surface area contributed by atoms with E-state index in [0.29, 0.717) is 43.1 Å². The Hall–Kier alpha value is -3.63. The first-order valence-electron chi connectivity index (χ1n) is 17.3. The molecule has 1 aliphatic heterocycles. The Morgan fingerprint density at radius 1 is 1.02 bits per heavy atom. The number of amides is 4. The molecule has 0 unspecified atom stereocenters. The summed E-state index contributed by atoms with van der Waals surface area (Å²) in [6.07, 6.45) is 7.65. The Morgan fingerprint density at radius 2 is 1.74 bits per heavy atom. The van der Waals surface area contributed by atoms with Crippen LogP contribution in [0.1, 0.15) is 88.1 Å². The number of benzene rings is 2. The van der Waals surface area contributed by atoms with Gasteiger partial charge in [-0.15, -0.1) is 0 Å². The van der Waals surface area contributed by atoms with E-state index in [1.54, 1.807) is 35.0 Å². The number of nitrogens with zero attached hydrogens (tertiary/aromatic N) is 2. The van der Waals surface area contributed by atoms with Gasteiger partial charge in [0.25, 0.3) is 5.91 Å². The summed E-state index contributed by atoms with van der Waals surface area (Å²) in [4.78, 5) is 43.7. The molecule has 4 amide bonds. The number of aliphatic hydroxyl groups is 1. The second kappa shape index (κ2) is 18.1. The van der Waals surface area contributed by atoms with Crippen LogP contribution in [0.3, 0.4) is 0 Å². The summed E-state index contributed by atoms with van der Waals surface area (Å²) >= 11 is 0. The Balaban J connectivity index is 1.56. The standard InChI is InChI=1S/C37H54N4O6/c1-26-23-41(27(2)25-42)36(44)32-22-31(39-37(45)38-30-16-9-6-10-17-30)18-19-33(32)47-28(3)13-11-12-20-46-34(26)24-40(4)35(43)21-29-14-7-5-8-15-29/h5,7-8,14-15,18-19,22,26-28,30,34,42H,6,9-13,16-17,20-21,23-25H2,1-4H3,(H2,38,39,45)/t26-,27-,28+,34-/m0/s1. The lowest BCUT2D eigenvalue weighted by atomic mass is 9.96. The summed E-state index contributed by atoms with van der Waals surface area (Å²) < 4.78 is 12.7. The molecular weight excluding hydrogens is 596 g/mol. The molecule has 1 fully saturated rings. The van der Waals surface area contributed by atoms with Crippen molar-refractivity contribution in [2.24, 2.45) is 5.92 Å². The first-order valence-corrected chi connectivity index (χ1v) is 17.3. The monoisotopic (exact) mass is 650 g/mol. The fourth-order valence-electron chi connectivity index (χ4n) is 6.34. The fraction of sp³-hybridized carbons (Fsp3) is 0.595. The Bertz CT molecular complexity index is 1300. The van der Waals surface area contributed by atoms with E-state index in [9.17, 15) is 19.5 Å². The zero-order valence-corrected chi connectivity index (χ0v) is 28.6. The highest BCUT2D eigenvalue weighted by Gasteiger charge is 2.31. The van der Waals surface area contributed by atoms with Gasteiger partial charge in [-0.3, -0.25) is 9.59 Å². The lowest BCUT2D eigenvalue weighted by molar-refractivity contribution is -0.131. The van der Waals surface area contributed by atoms with Crippen LogP contribution >= 0.6 is 0 Å². The molecule has 1 saturated carbocycles. The Labute approximate surface area is 280 Å². The number of likely N-dealkylation sites (N-methyl/N-ethyl adjacent to an activating group) is 1. The number of anilines is 1. The van der Waals surface area contributed by atoms with Crippen LogP contribution in [0.5, 0.6) is 5.75 Å². The molecule has 1 heterocycles. The van der Waals surface area contributed by atoms with Gasteiger partial charge < -0.3 is 35.0 Å². The highest BCUT2D eigenvalue weighted by molar-refractivity contribution is 5.99. The molecule has 4 atom stereocenters. The third-order valence-electron chi connectivity index (χ3n) is 9.33. The van der Waals surface area contributed by atoms with Crippen LogP contribution in [0.2, 0.25) is 0 Å². The van der Waals surface area contributed by atoms with Gasteiger partial charge in [-0.2, -0.15) is 0 Å². The summed E-state index contributed by atoms with van der Waals surface area (Å²) in [7, 11) is 1.79. The maximum atomic E-state index is 14.4. The summed E-state index contributed by atoms with van der Waals surface area (Å²) in [5.74, 6) is -0.0230. The number of carbonyl (C=O) groups is 3. The number of rotatable bonds is 8. The minimum absolute atomic E-state index is 0.00415. The highest BCUT2D eigenvalue weighted by atomic mass is 16.5. The first kappa shape index (κ1) is 36.2. The maximum absolute atomic E-state index is 14.4. The molecule has 10 nitrogen and oxygen atoms in total. The van der Waals surface area contributed by atoms with Gasteiger partial charge in [-0.25, -0.2) is 4.79 Å². The van der Waals surface area contributed by atoms with Crippen molar-refractivity contribution in [3.8, 4) is 5.75 Å². The van der Waals surface area contributed by atoms with Crippen molar-refractivity contribution in [2.45, 2.75) is 103 Å². The molecule has 0 saturated heterocycles. The molecule has 47 heavy (non-hydrogen) atoms. The third-order valence-corrected chi connectivity index (χ3v) is 9.33. The summed E-state index contributed by atoms with van der Waals surface area (Å²) in [5.41, 5.74) is 1.77. The Kier molecular flexibility index (Phi) is 13.9. The number of hydrogen-bond acceptors (Lipinski definition) is 6. The average molecular weight is 651 g/mol. The van der Waals surface area contributed by atoms with E-state index in [4.69, 9.17) is 9.47 Å². The smallest absolute Gasteiger partial charge is 0.319 e. The van der Waals surface area contributed by atoms with Crippen LogP contribution in [0.25, 0.3) is 0 Å². The van der Waals surface area contributed by atoms with Gasteiger partial charge in [-0.1, -0.05) is 56.5 Å². The predicted octanol–water partition coefficient (Wildman–Crippen LogP) is 5.64. The largest absolute Gasteiger partial charge is 0.490 e. The molecule has 3 N–H and O–H groups in total. The molecule has 0 aromatic heterocycles. The van der Waals surface area contributed by atoms with Gasteiger partial charge in [0.15, 0.2) is 0 Å². The van der Waals surface area contributed by atoms with Crippen LogP contribution in [0.15, 0.2) is 48.5 Å². The van der Waals surface area contributed by atoms with Crippen molar-refractivity contribution >= 4 is 23.5 Å². The first-order chi connectivity index (χ1) is 22.6. The van der Waals surface area contributed by atoms with Crippen molar-refractivity contribution < 1.29 is 29.0 Å². The van der Waals surface area contributed by atoms with Crippen LogP contribution in [0, 0.1) is 5.92 Å². The van der Waals surface area contributed by atoms with Crippen molar-refractivity contribution in [3.63, 3.8) is 0 Å². The van der Waals surface area contributed by atoms with E-state index in [1.165, 1.54) is 6.42 Å². The predicted molar refractivity (Wildman–Crippen MR) is 184 cm³/mol. The second-order valence-electron chi connectivity index (χ2n) is 13.4. The van der Waals surface area contributed by atoms with Crippen LogP contribution in [-0.4, -0.2) is 90.4 Å². The van der Waals surface area contributed by atoms with Crippen molar-refractivity contribution in [1.82, 2.24) is 15.1 Å².